The summed E-state index contributed by atoms with van der Waals surface area (Å²) in [4.78, 5) is 6.40. The predicted octanol–water partition coefficient (Wildman–Crippen LogP) is 3.14. The van der Waals surface area contributed by atoms with Crippen molar-refractivity contribution in [2.24, 2.45) is 5.11 Å². The van der Waals surface area contributed by atoms with E-state index in [1.54, 1.807) is 6.92 Å². The third-order valence-corrected chi connectivity index (χ3v) is 1.86. The monoisotopic (exact) mass is 246 g/mol. The molecule has 1 heterocycles. The van der Waals surface area contributed by atoms with Gasteiger partial charge in [-0.3, -0.25) is 0 Å². The molecule has 0 saturated heterocycles. The van der Waals surface area contributed by atoms with Crippen LogP contribution in [0.5, 0.6) is 5.88 Å². The van der Waals surface area contributed by atoms with E-state index in [4.69, 9.17) is 5.53 Å². The van der Waals surface area contributed by atoms with Gasteiger partial charge in [0, 0.05) is 16.7 Å². The first-order valence-corrected chi connectivity index (χ1v) is 4.59. The Morgan fingerprint density at radius 2 is 2.18 bits per heavy atom. The van der Waals surface area contributed by atoms with Crippen LogP contribution in [0.15, 0.2) is 17.2 Å². The van der Waals surface area contributed by atoms with E-state index in [1.165, 1.54) is 12.1 Å². The van der Waals surface area contributed by atoms with Crippen molar-refractivity contribution in [2.75, 3.05) is 6.61 Å². The fourth-order valence-corrected chi connectivity index (χ4v) is 1.08. The molecule has 0 N–H and O–H groups in total. The van der Waals surface area contributed by atoms with Crippen LogP contribution in [-0.4, -0.2) is 17.8 Å². The topological polar surface area (TPSA) is 70.9 Å². The van der Waals surface area contributed by atoms with Crippen molar-refractivity contribution < 1.29 is 17.9 Å². The summed E-state index contributed by atoms with van der Waals surface area (Å²) in [6.07, 6.45) is -4.39. The summed E-state index contributed by atoms with van der Waals surface area (Å²) in [5.41, 5.74) is 9.25. The van der Waals surface area contributed by atoms with Crippen molar-refractivity contribution >= 4 is 0 Å². The molecule has 0 atom stereocenters. The Bertz CT molecular complexity index is 440. The summed E-state index contributed by atoms with van der Waals surface area (Å²) in [6.45, 7) is 0.326. The van der Waals surface area contributed by atoms with Crippen molar-refractivity contribution in [2.45, 2.75) is 19.6 Å². The standard InChI is InChI=1S/C9H9F3N4O/c1-6-7(4-14-16-13)2-3-8(15-6)17-5-9(10,11)12/h2-3H,4-5H2,1H3. The van der Waals surface area contributed by atoms with E-state index < -0.39 is 12.8 Å². The zero-order valence-corrected chi connectivity index (χ0v) is 8.90. The van der Waals surface area contributed by atoms with Gasteiger partial charge in [0.2, 0.25) is 5.88 Å². The average Bonchev–Trinajstić information content (AvgIpc) is 2.24. The second-order valence-corrected chi connectivity index (χ2v) is 3.19. The lowest BCUT2D eigenvalue weighted by molar-refractivity contribution is -0.154. The molecule has 0 aliphatic carbocycles. The molecule has 0 saturated carbocycles. The van der Waals surface area contributed by atoms with E-state index in [0.29, 0.717) is 11.3 Å². The zero-order valence-electron chi connectivity index (χ0n) is 8.90. The molecule has 0 fully saturated rings. The molecule has 0 amide bonds. The Morgan fingerprint density at radius 3 is 2.71 bits per heavy atom. The summed E-state index contributed by atoms with van der Waals surface area (Å²) < 4.78 is 40.1. The van der Waals surface area contributed by atoms with Crippen molar-refractivity contribution in [3.05, 3.63) is 33.8 Å². The van der Waals surface area contributed by atoms with Crippen LogP contribution >= 0.6 is 0 Å². The van der Waals surface area contributed by atoms with Crippen LogP contribution in [0, 0.1) is 6.92 Å². The lowest BCUT2D eigenvalue weighted by atomic mass is 10.2. The van der Waals surface area contributed by atoms with Crippen molar-refractivity contribution in [1.29, 1.82) is 0 Å². The number of aromatic nitrogens is 1. The Balaban J connectivity index is 2.71. The minimum absolute atomic E-state index is 0.106. The molecule has 17 heavy (non-hydrogen) atoms. The molecule has 0 spiro atoms. The van der Waals surface area contributed by atoms with Crippen LogP contribution in [0.2, 0.25) is 0 Å². The van der Waals surface area contributed by atoms with E-state index in [-0.39, 0.29) is 12.4 Å². The molecule has 92 valence electrons. The summed E-state index contributed by atoms with van der Waals surface area (Å²) in [6, 6.07) is 2.82. The summed E-state index contributed by atoms with van der Waals surface area (Å²) in [7, 11) is 0. The molecule has 1 rings (SSSR count). The Kier molecular flexibility index (Phi) is 4.17. The van der Waals surface area contributed by atoms with E-state index >= 15 is 0 Å². The lowest BCUT2D eigenvalue weighted by Crippen LogP contribution is -2.19. The smallest absolute Gasteiger partial charge is 0.422 e. The van der Waals surface area contributed by atoms with Gasteiger partial charge >= 0.3 is 6.18 Å². The molecular formula is C9H9F3N4O. The first-order chi connectivity index (χ1) is 7.92. The van der Waals surface area contributed by atoms with Gasteiger partial charge in [0.25, 0.3) is 0 Å². The first-order valence-electron chi connectivity index (χ1n) is 4.59. The molecule has 1 aromatic heterocycles. The number of aryl methyl sites for hydroxylation is 1. The van der Waals surface area contributed by atoms with Gasteiger partial charge < -0.3 is 4.74 Å². The van der Waals surface area contributed by atoms with Crippen molar-refractivity contribution in [1.82, 2.24) is 4.98 Å². The van der Waals surface area contributed by atoms with Gasteiger partial charge in [-0.05, 0) is 18.0 Å². The fraction of sp³-hybridized carbons (Fsp3) is 0.444. The Morgan fingerprint density at radius 1 is 1.47 bits per heavy atom. The predicted molar refractivity (Wildman–Crippen MR) is 53.4 cm³/mol. The van der Waals surface area contributed by atoms with Gasteiger partial charge in [-0.1, -0.05) is 11.2 Å². The highest BCUT2D eigenvalue weighted by Crippen LogP contribution is 2.18. The highest BCUT2D eigenvalue weighted by atomic mass is 19.4. The van der Waals surface area contributed by atoms with E-state index in [1.807, 2.05) is 0 Å². The van der Waals surface area contributed by atoms with Crippen LogP contribution in [0.3, 0.4) is 0 Å². The third kappa shape index (κ3) is 4.60. The highest BCUT2D eigenvalue weighted by Gasteiger charge is 2.28. The van der Waals surface area contributed by atoms with Gasteiger partial charge in [-0.2, -0.15) is 13.2 Å². The molecule has 8 heteroatoms. The van der Waals surface area contributed by atoms with Crippen molar-refractivity contribution in [3.63, 3.8) is 0 Å². The van der Waals surface area contributed by atoms with E-state index in [0.717, 1.165) is 0 Å². The number of hydrogen-bond acceptors (Lipinski definition) is 3. The number of halogens is 3. The molecule has 0 unspecified atom stereocenters. The summed E-state index contributed by atoms with van der Waals surface area (Å²) >= 11 is 0. The molecule has 0 radical (unpaired) electrons. The second-order valence-electron chi connectivity index (χ2n) is 3.19. The minimum atomic E-state index is -4.39. The molecular weight excluding hydrogens is 237 g/mol. The molecule has 1 aromatic rings. The van der Waals surface area contributed by atoms with Gasteiger partial charge in [-0.15, -0.1) is 0 Å². The quantitative estimate of drug-likeness (QED) is 0.465. The summed E-state index contributed by atoms with van der Waals surface area (Å²) in [5.74, 6) is -0.107. The van der Waals surface area contributed by atoms with Gasteiger partial charge in [-0.25, -0.2) is 4.98 Å². The van der Waals surface area contributed by atoms with E-state index in [9.17, 15) is 13.2 Å². The van der Waals surface area contributed by atoms with Crippen LogP contribution < -0.4 is 4.74 Å². The molecule has 0 bridgehead atoms. The maximum Gasteiger partial charge on any atom is 0.422 e. The maximum absolute atomic E-state index is 11.9. The SMILES string of the molecule is Cc1nc(OCC(F)(F)F)ccc1CN=[N+]=[N-]. The first kappa shape index (κ1) is 13.1. The van der Waals surface area contributed by atoms with Gasteiger partial charge in [0.1, 0.15) is 0 Å². The van der Waals surface area contributed by atoms with Crippen LogP contribution in [0.1, 0.15) is 11.3 Å². The molecule has 0 aliphatic rings. The molecule has 0 aromatic carbocycles. The zero-order chi connectivity index (χ0) is 12.9. The molecule has 5 nitrogen and oxygen atoms in total. The Hall–Kier alpha value is -1.95. The Labute approximate surface area is 94.9 Å². The average molecular weight is 246 g/mol. The minimum Gasteiger partial charge on any atom is -0.468 e. The third-order valence-electron chi connectivity index (χ3n) is 1.86. The highest BCUT2D eigenvalue weighted by molar-refractivity contribution is 5.24. The van der Waals surface area contributed by atoms with Crippen LogP contribution in [0.25, 0.3) is 10.4 Å². The number of ether oxygens (including phenoxy) is 1. The fourth-order valence-electron chi connectivity index (χ4n) is 1.08. The van der Waals surface area contributed by atoms with Gasteiger partial charge in [0.05, 0.1) is 6.54 Å². The summed E-state index contributed by atoms with van der Waals surface area (Å²) in [5, 5.41) is 3.34. The van der Waals surface area contributed by atoms with Gasteiger partial charge in [0.15, 0.2) is 6.61 Å². The number of hydrogen-bond donors (Lipinski definition) is 0. The number of rotatable bonds is 4. The number of pyridine rings is 1. The van der Waals surface area contributed by atoms with Crippen LogP contribution in [0.4, 0.5) is 13.2 Å². The largest absolute Gasteiger partial charge is 0.468 e. The number of azide groups is 1. The lowest BCUT2D eigenvalue weighted by Gasteiger charge is -2.09. The van der Waals surface area contributed by atoms with Crippen LogP contribution in [-0.2, 0) is 6.54 Å². The van der Waals surface area contributed by atoms with E-state index in [2.05, 4.69) is 19.7 Å². The normalized spacial score (nSPS) is 10.8. The van der Waals surface area contributed by atoms with Crippen molar-refractivity contribution in [3.8, 4) is 5.88 Å². The second kappa shape index (κ2) is 5.40. The number of alkyl halides is 3. The maximum atomic E-state index is 11.9. The molecule has 0 aliphatic heterocycles. The number of nitrogens with zero attached hydrogens (tertiary/aromatic N) is 4.